The number of nitrogens with zero attached hydrogens (tertiary/aromatic N) is 2. The van der Waals surface area contributed by atoms with Crippen LogP contribution in [-0.4, -0.2) is 27.4 Å². The quantitative estimate of drug-likeness (QED) is 0.833. The molecule has 23 heavy (non-hydrogen) atoms. The first-order valence-corrected chi connectivity index (χ1v) is 7.83. The number of carbonyl (C=O) groups excluding carboxylic acids is 1. The summed E-state index contributed by atoms with van der Waals surface area (Å²) in [5.74, 6) is -1.32. The Bertz CT molecular complexity index is 671. The smallest absolute Gasteiger partial charge is 0.325 e. The fourth-order valence-electron chi connectivity index (χ4n) is 1.90. The minimum Gasteiger partial charge on any atom is -0.325 e. The van der Waals surface area contributed by atoms with E-state index in [2.05, 4.69) is 10.3 Å². The molecular formula is C15H16F3N3OS. The second-order valence-electron chi connectivity index (χ2n) is 5.08. The van der Waals surface area contributed by atoms with E-state index in [9.17, 15) is 18.0 Å². The number of thioether (sulfide) groups is 1. The molecule has 0 saturated heterocycles. The predicted molar refractivity (Wildman–Crippen MR) is 83.5 cm³/mol. The molecule has 1 aromatic carbocycles. The summed E-state index contributed by atoms with van der Waals surface area (Å²) in [5, 5.41) is 2.70. The Morgan fingerprint density at radius 2 is 2.17 bits per heavy atom. The number of imidazole rings is 1. The molecule has 124 valence electrons. The predicted octanol–water partition coefficient (Wildman–Crippen LogP) is 4.05. The number of benzene rings is 1. The maximum atomic E-state index is 12.4. The summed E-state index contributed by atoms with van der Waals surface area (Å²) in [6.07, 6.45) is 0.460. The SMILES string of the molecule is Cc1ccc(SCC(F)(F)F)c(NC(=O)[C@H](C)n2ccnc2)c1. The number of hydrogen-bond donors (Lipinski definition) is 1. The third kappa shape index (κ3) is 5.02. The molecule has 4 nitrogen and oxygen atoms in total. The van der Waals surface area contributed by atoms with E-state index >= 15 is 0 Å². The third-order valence-corrected chi connectivity index (χ3v) is 4.27. The molecular weight excluding hydrogens is 327 g/mol. The molecule has 0 fully saturated rings. The van der Waals surface area contributed by atoms with Gasteiger partial charge < -0.3 is 9.88 Å². The molecule has 2 rings (SSSR count). The van der Waals surface area contributed by atoms with Crippen LogP contribution in [0.4, 0.5) is 18.9 Å². The van der Waals surface area contributed by atoms with Gasteiger partial charge in [-0.05, 0) is 31.5 Å². The molecule has 2 aromatic rings. The first kappa shape index (κ1) is 17.4. The summed E-state index contributed by atoms with van der Waals surface area (Å²) < 4.78 is 38.8. The number of amides is 1. The first-order valence-electron chi connectivity index (χ1n) is 6.85. The number of aryl methyl sites for hydroxylation is 1. The van der Waals surface area contributed by atoms with Crippen molar-refractivity contribution in [3.05, 3.63) is 42.5 Å². The maximum absolute atomic E-state index is 12.4. The molecule has 0 bridgehead atoms. The highest BCUT2D eigenvalue weighted by molar-refractivity contribution is 7.99. The van der Waals surface area contributed by atoms with Crippen LogP contribution in [0.25, 0.3) is 0 Å². The summed E-state index contributed by atoms with van der Waals surface area (Å²) in [6, 6.07) is 4.45. The summed E-state index contributed by atoms with van der Waals surface area (Å²) in [4.78, 5) is 16.5. The molecule has 0 radical (unpaired) electrons. The molecule has 1 heterocycles. The molecule has 0 unspecified atom stereocenters. The Hall–Kier alpha value is -1.96. The van der Waals surface area contributed by atoms with Crippen LogP contribution in [0, 0.1) is 6.92 Å². The van der Waals surface area contributed by atoms with E-state index in [1.807, 2.05) is 6.92 Å². The number of hydrogen-bond acceptors (Lipinski definition) is 3. The summed E-state index contributed by atoms with van der Waals surface area (Å²) in [5.41, 5.74) is 1.24. The van der Waals surface area contributed by atoms with Crippen molar-refractivity contribution in [1.29, 1.82) is 0 Å². The number of nitrogens with one attached hydrogen (secondary N) is 1. The Morgan fingerprint density at radius 3 is 2.78 bits per heavy atom. The van der Waals surface area contributed by atoms with Crippen molar-refractivity contribution in [3.8, 4) is 0 Å². The van der Waals surface area contributed by atoms with Crippen molar-refractivity contribution in [1.82, 2.24) is 9.55 Å². The van der Waals surface area contributed by atoms with Crippen LogP contribution in [0.5, 0.6) is 0 Å². The number of carbonyl (C=O) groups is 1. The molecule has 1 atom stereocenters. The topological polar surface area (TPSA) is 46.9 Å². The van der Waals surface area contributed by atoms with E-state index < -0.39 is 18.0 Å². The van der Waals surface area contributed by atoms with Gasteiger partial charge in [-0.15, -0.1) is 11.8 Å². The Morgan fingerprint density at radius 1 is 1.43 bits per heavy atom. The van der Waals surface area contributed by atoms with Crippen LogP contribution >= 0.6 is 11.8 Å². The molecule has 0 aliphatic rings. The Balaban J connectivity index is 2.14. The Labute approximate surface area is 136 Å². The van der Waals surface area contributed by atoms with Gasteiger partial charge in [0.1, 0.15) is 6.04 Å². The molecule has 1 aromatic heterocycles. The van der Waals surface area contributed by atoms with Crippen molar-refractivity contribution >= 4 is 23.4 Å². The molecule has 0 aliphatic carbocycles. The van der Waals surface area contributed by atoms with Gasteiger partial charge in [-0.25, -0.2) is 4.98 Å². The van der Waals surface area contributed by atoms with E-state index in [0.717, 1.165) is 5.56 Å². The van der Waals surface area contributed by atoms with E-state index in [0.29, 0.717) is 22.3 Å². The van der Waals surface area contributed by atoms with Gasteiger partial charge in [0.05, 0.1) is 17.8 Å². The number of halogens is 3. The van der Waals surface area contributed by atoms with Crippen LogP contribution < -0.4 is 5.32 Å². The molecule has 0 spiro atoms. The standard InChI is InChI=1S/C15H16F3N3OS/c1-10-3-4-13(23-8-15(16,17)18)12(7-10)20-14(22)11(2)21-6-5-19-9-21/h3-7,9,11H,8H2,1-2H3,(H,20,22)/t11-/m0/s1. The van der Waals surface area contributed by atoms with Gasteiger partial charge in [0.25, 0.3) is 0 Å². The second kappa shape index (κ2) is 7.08. The van der Waals surface area contributed by atoms with Crippen molar-refractivity contribution in [2.75, 3.05) is 11.1 Å². The number of rotatable bonds is 5. The maximum Gasteiger partial charge on any atom is 0.398 e. The highest BCUT2D eigenvalue weighted by Gasteiger charge is 2.28. The highest BCUT2D eigenvalue weighted by Crippen LogP contribution is 2.33. The van der Waals surface area contributed by atoms with Gasteiger partial charge in [-0.1, -0.05) is 6.07 Å². The van der Waals surface area contributed by atoms with Gasteiger partial charge in [0.15, 0.2) is 0 Å². The summed E-state index contributed by atoms with van der Waals surface area (Å²) >= 11 is 0.655. The van der Waals surface area contributed by atoms with E-state index in [4.69, 9.17) is 0 Å². The normalized spacial score (nSPS) is 12.9. The Kier molecular flexibility index (Phi) is 5.35. The molecule has 8 heteroatoms. The van der Waals surface area contributed by atoms with Gasteiger partial charge in [0.2, 0.25) is 5.91 Å². The summed E-state index contributed by atoms with van der Waals surface area (Å²) in [7, 11) is 0. The number of alkyl halides is 3. The summed E-state index contributed by atoms with van der Waals surface area (Å²) in [6.45, 7) is 3.50. The second-order valence-corrected chi connectivity index (χ2v) is 6.10. The van der Waals surface area contributed by atoms with Crippen LogP contribution in [0.15, 0.2) is 41.8 Å². The van der Waals surface area contributed by atoms with E-state index in [-0.39, 0.29) is 5.91 Å². The van der Waals surface area contributed by atoms with Crippen molar-refractivity contribution in [3.63, 3.8) is 0 Å². The lowest BCUT2D eigenvalue weighted by molar-refractivity contribution is -0.118. The zero-order valence-corrected chi connectivity index (χ0v) is 13.4. The lowest BCUT2D eigenvalue weighted by Gasteiger charge is -2.16. The van der Waals surface area contributed by atoms with Gasteiger partial charge in [-0.3, -0.25) is 4.79 Å². The van der Waals surface area contributed by atoms with E-state index in [1.54, 1.807) is 42.1 Å². The minimum atomic E-state index is -4.26. The minimum absolute atomic E-state index is 0.317. The zero-order valence-electron chi connectivity index (χ0n) is 12.6. The van der Waals surface area contributed by atoms with Gasteiger partial charge in [-0.2, -0.15) is 13.2 Å². The number of aromatic nitrogens is 2. The lowest BCUT2D eigenvalue weighted by Crippen LogP contribution is -2.23. The molecule has 0 saturated carbocycles. The lowest BCUT2D eigenvalue weighted by atomic mass is 10.2. The van der Waals surface area contributed by atoms with Crippen molar-refractivity contribution in [2.45, 2.75) is 31.0 Å². The van der Waals surface area contributed by atoms with Crippen LogP contribution in [0.3, 0.4) is 0 Å². The van der Waals surface area contributed by atoms with Gasteiger partial charge in [0, 0.05) is 17.3 Å². The average Bonchev–Trinajstić information content (AvgIpc) is 2.98. The molecule has 1 amide bonds. The highest BCUT2D eigenvalue weighted by atomic mass is 32.2. The monoisotopic (exact) mass is 343 g/mol. The van der Waals surface area contributed by atoms with Crippen LogP contribution in [-0.2, 0) is 4.79 Å². The molecule has 1 N–H and O–H groups in total. The van der Waals surface area contributed by atoms with Crippen LogP contribution in [0.2, 0.25) is 0 Å². The first-order chi connectivity index (χ1) is 10.8. The van der Waals surface area contributed by atoms with Gasteiger partial charge >= 0.3 is 6.18 Å². The fraction of sp³-hybridized carbons (Fsp3) is 0.333. The number of anilines is 1. The average molecular weight is 343 g/mol. The fourth-order valence-corrected chi connectivity index (χ4v) is 2.65. The third-order valence-electron chi connectivity index (χ3n) is 3.14. The van der Waals surface area contributed by atoms with Crippen molar-refractivity contribution in [2.24, 2.45) is 0 Å². The molecule has 0 aliphatic heterocycles. The van der Waals surface area contributed by atoms with Crippen LogP contribution in [0.1, 0.15) is 18.5 Å². The largest absolute Gasteiger partial charge is 0.398 e. The van der Waals surface area contributed by atoms with E-state index in [1.165, 1.54) is 6.33 Å². The zero-order chi connectivity index (χ0) is 17.0. The van der Waals surface area contributed by atoms with Crippen molar-refractivity contribution < 1.29 is 18.0 Å².